The van der Waals surface area contributed by atoms with Gasteiger partial charge in [0, 0.05) is 23.5 Å². The van der Waals surface area contributed by atoms with Crippen LogP contribution < -0.4 is 27.8 Å². The van der Waals surface area contributed by atoms with Crippen LogP contribution in [-0.2, 0) is 41.6 Å². The molecular weight excluding hydrogens is 608 g/mol. The van der Waals surface area contributed by atoms with Gasteiger partial charge in [-0.3, -0.25) is 14.4 Å². The first-order valence-corrected chi connectivity index (χ1v) is 15.2. The van der Waals surface area contributed by atoms with Crippen LogP contribution in [0.2, 0.25) is 0 Å². The van der Waals surface area contributed by atoms with Gasteiger partial charge in [-0.25, -0.2) is 9.59 Å². The van der Waals surface area contributed by atoms with Gasteiger partial charge in [-0.05, 0) is 49.8 Å². The summed E-state index contributed by atoms with van der Waals surface area (Å²) in [5.74, 6) is -3.96. The molecule has 14 nitrogen and oxygen atoms in total. The Bertz CT molecular complexity index is 1490. The molecule has 47 heavy (non-hydrogen) atoms. The minimum atomic E-state index is -1.17. The molecule has 0 saturated heterocycles. The average molecular weight is 655 g/mol. The number of carboxylic acid groups (broad SMARTS) is 2. The number of nitrogens with two attached hydrogens (primary N) is 3. The van der Waals surface area contributed by atoms with Crippen LogP contribution in [0.4, 0.5) is 0 Å². The summed E-state index contributed by atoms with van der Waals surface area (Å²) in [6, 6.07) is 12.2. The number of aromatic amines is 1. The summed E-state index contributed by atoms with van der Waals surface area (Å²) >= 11 is 0. The number of carboxylic acids is 2. The highest BCUT2D eigenvalue weighted by Crippen LogP contribution is 2.19. The van der Waals surface area contributed by atoms with Crippen LogP contribution in [0.15, 0.2) is 60.8 Å². The third kappa shape index (κ3) is 12.5. The van der Waals surface area contributed by atoms with Crippen LogP contribution in [-0.4, -0.2) is 81.2 Å². The molecule has 0 aliphatic heterocycles. The number of aromatic nitrogens is 1. The lowest BCUT2D eigenvalue weighted by molar-refractivity contribution is -0.152. The summed E-state index contributed by atoms with van der Waals surface area (Å²) < 4.78 is 4.92. The maximum Gasteiger partial charge on any atom is 0.326 e. The number of amides is 2. The number of fused-ring (bicyclic) bond motifs is 1. The lowest BCUT2D eigenvalue weighted by atomic mass is 10.0. The van der Waals surface area contributed by atoms with Gasteiger partial charge in [-0.15, -0.1) is 0 Å². The number of nitrogens with one attached hydrogen (secondary N) is 3. The molecule has 256 valence electrons. The summed E-state index contributed by atoms with van der Waals surface area (Å²) in [6.07, 6.45) is 1.69. The fourth-order valence-corrected chi connectivity index (χ4v) is 4.50. The number of aliphatic carboxylic acids is 2. The highest BCUT2D eigenvalue weighted by atomic mass is 16.5. The van der Waals surface area contributed by atoms with Gasteiger partial charge < -0.3 is 47.8 Å². The van der Waals surface area contributed by atoms with Crippen molar-refractivity contribution in [1.29, 1.82) is 0 Å². The monoisotopic (exact) mass is 654 g/mol. The molecule has 0 bridgehead atoms. The van der Waals surface area contributed by atoms with E-state index in [9.17, 15) is 29.1 Å². The van der Waals surface area contributed by atoms with Crippen molar-refractivity contribution in [2.24, 2.45) is 23.1 Å². The van der Waals surface area contributed by atoms with Gasteiger partial charge in [0.25, 0.3) is 0 Å². The van der Waals surface area contributed by atoms with Gasteiger partial charge in [-0.2, -0.15) is 0 Å². The fourth-order valence-electron chi connectivity index (χ4n) is 4.50. The molecule has 1 aromatic heterocycles. The number of para-hydroxylation sites is 1. The summed E-state index contributed by atoms with van der Waals surface area (Å²) in [5.41, 5.74) is 19.7. The molecule has 0 spiro atoms. The zero-order valence-electron chi connectivity index (χ0n) is 27.0. The quantitative estimate of drug-likeness (QED) is 0.108. The van der Waals surface area contributed by atoms with Crippen molar-refractivity contribution in [3.05, 3.63) is 71.9 Å². The molecule has 2 aromatic carbocycles. The number of hydrogen-bond donors (Lipinski definition) is 8. The van der Waals surface area contributed by atoms with Crippen molar-refractivity contribution in [1.82, 2.24) is 15.6 Å². The minimum absolute atomic E-state index is 0.0935. The normalized spacial score (nSPS) is 14.8. The highest BCUT2D eigenvalue weighted by molar-refractivity contribution is 5.89. The Balaban J connectivity index is 0.000000336. The lowest BCUT2D eigenvalue weighted by Gasteiger charge is -2.23. The molecule has 11 N–H and O–H groups in total. The van der Waals surface area contributed by atoms with Crippen LogP contribution in [0.1, 0.15) is 45.2 Å². The Morgan fingerprint density at radius 3 is 1.94 bits per heavy atom. The third-order valence-electron chi connectivity index (χ3n) is 7.15. The Kier molecular flexibility index (Phi) is 15.0. The third-order valence-corrected chi connectivity index (χ3v) is 7.15. The van der Waals surface area contributed by atoms with E-state index in [1.165, 1.54) is 13.8 Å². The molecule has 14 heteroatoms. The molecule has 2 amide bonds. The fraction of sp³-hybridized carbons (Fsp3) is 0.424. The van der Waals surface area contributed by atoms with Gasteiger partial charge in [0.15, 0.2) is 0 Å². The van der Waals surface area contributed by atoms with Crippen molar-refractivity contribution in [3.8, 4) is 0 Å². The smallest absolute Gasteiger partial charge is 0.326 e. The standard InChI is InChI=1S/C20H21N3O3.C13H25N3O5/c21-16(10-13-6-2-1-3-7-13)19(24)23-18(20(25)26)11-14-12-22-17-9-5-4-8-15(14)17;1-6(2)5-9(12(18)19)16-11(17)10(15)8(4)21-13(20)7(3)14/h1-9,12,16,18,22H,10-11,21H2,(H,23,24)(H,25,26);6-10H,5,14-15H2,1-4H3,(H,16,17)(H,18,19)/t16-,18-;7-,8+,9-,10-/m00/s1. The van der Waals surface area contributed by atoms with Crippen LogP contribution in [0.5, 0.6) is 0 Å². The largest absolute Gasteiger partial charge is 0.480 e. The van der Waals surface area contributed by atoms with E-state index >= 15 is 0 Å². The number of carbonyl (C=O) groups excluding carboxylic acids is 3. The van der Waals surface area contributed by atoms with Crippen molar-refractivity contribution in [2.45, 2.75) is 83.3 Å². The zero-order chi connectivity index (χ0) is 35.3. The first-order chi connectivity index (χ1) is 22.1. The number of rotatable bonds is 15. The first kappa shape index (κ1) is 38.4. The molecule has 0 aliphatic rings. The Labute approximate surface area is 273 Å². The van der Waals surface area contributed by atoms with Gasteiger partial charge in [0.1, 0.15) is 30.3 Å². The molecule has 0 unspecified atom stereocenters. The van der Waals surface area contributed by atoms with E-state index in [0.29, 0.717) is 6.42 Å². The van der Waals surface area contributed by atoms with E-state index in [0.717, 1.165) is 22.0 Å². The van der Waals surface area contributed by atoms with E-state index in [1.54, 1.807) is 6.20 Å². The SMILES string of the molecule is CC(C)C[C@H](NC(=O)[C@@H](N)[C@@H](C)OC(=O)[C@H](C)N)C(=O)O.N[C@@H](Cc1ccccc1)C(=O)N[C@@H](Cc1c[nH]c2ccccc12)C(=O)O. The zero-order valence-corrected chi connectivity index (χ0v) is 27.0. The van der Waals surface area contributed by atoms with Gasteiger partial charge in [0.05, 0.1) is 6.04 Å². The topological polar surface area (TPSA) is 253 Å². The molecule has 3 aromatic rings. The second-order valence-electron chi connectivity index (χ2n) is 11.7. The van der Waals surface area contributed by atoms with Gasteiger partial charge >= 0.3 is 17.9 Å². The molecule has 0 aliphatic carbocycles. The number of ether oxygens (including phenoxy) is 1. The van der Waals surface area contributed by atoms with E-state index in [-0.39, 0.29) is 18.8 Å². The molecule has 6 atom stereocenters. The van der Waals surface area contributed by atoms with E-state index in [4.69, 9.17) is 27.0 Å². The molecule has 0 radical (unpaired) electrons. The number of H-pyrrole nitrogens is 1. The van der Waals surface area contributed by atoms with Crippen molar-refractivity contribution >= 4 is 40.6 Å². The van der Waals surface area contributed by atoms with Crippen molar-refractivity contribution in [2.75, 3.05) is 0 Å². The van der Waals surface area contributed by atoms with Crippen LogP contribution >= 0.6 is 0 Å². The van der Waals surface area contributed by atoms with E-state index in [2.05, 4.69) is 15.6 Å². The first-order valence-electron chi connectivity index (χ1n) is 15.2. The highest BCUT2D eigenvalue weighted by Gasteiger charge is 2.29. The van der Waals surface area contributed by atoms with Crippen molar-refractivity contribution in [3.63, 3.8) is 0 Å². The Morgan fingerprint density at radius 2 is 1.36 bits per heavy atom. The molecule has 0 saturated carbocycles. The Hall–Kier alpha value is -4.79. The Morgan fingerprint density at radius 1 is 0.787 bits per heavy atom. The van der Waals surface area contributed by atoms with Crippen LogP contribution in [0.25, 0.3) is 10.9 Å². The van der Waals surface area contributed by atoms with Crippen LogP contribution in [0, 0.1) is 5.92 Å². The number of hydrogen-bond acceptors (Lipinski definition) is 9. The number of benzene rings is 2. The van der Waals surface area contributed by atoms with E-state index < -0.39 is 66.0 Å². The molecule has 0 fully saturated rings. The summed E-state index contributed by atoms with van der Waals surface area (Å²) in [5, 5.41) is 24.4. The maximum atomic E-state index is 12.3. The van der Waals surface area contributed by atoms with Gasteiger partial charge in [-0.1, -0.05) is 62.4 Å². The second-order valence-corrected chi connectivity index (χ2v) is 11.7. The van der Waals surface area contributed by atoms with Crippen LogP contribution in [0.3, 0.4) is 0 Å². The minimum Gasteiger partial charge on any atom is -0.480 e. The number of carbonyl (C=O) groups is 5. The molecular formula is C33H46N6O8. The van der Waals surface area contributed by atoms with E-state index in [1.807, 2.05) is 68.4 Å². The van der Waals surface area contributed by atoms with Gasteiger partial charge in [0.2, 0.25) is 11.8 Å². The summed E-state index contributed by atoms with van der Waals surface area (Å²) in [6.45, 7) is 6.58. The molecule has 1 heterocycles. The maximum absolute atomic E-state index is 12.3. The summed E-state index contributed by atoms with van der Waals surface area (Å²) in [7, 11) is 0. The second kappa shape index (κ2) is 18.4. The predicted molar refractivity (Wildman–Crippen MR) is 176 cm³/mol. The number of esters is 1. The predicted octanol–water partition coefficient (Wildman–Crippen LogP) is 1.06. The van der Waals surface area contributed by atoms with Crippen molar-refractivity contribution < 1.29 is 38.9 Å². The average Bonchev–Trinajstić information content (AvgIpc) is 3.42. The lowest BCUT2D eigenvalue weighted by Crippen LogP contribution is -2.53. The molecule has 3 rings (SSSR count). The summed E-state index contributed by atoms with van der Waals surface area (Å²) in [4.78, 5) is 61.4.